The smallest absolute Gasteiger partial charge is 0.195 e. The van der Waals surface area contributed by atoms with Crippen molar-refractivity contribution in [2.24, 2.45) is 0 Å². The Morgan fingerprint density at radius 2 is 1.65 bits per heavy atom. The van der Waals surface area contributed by atoms with E-state index in [2.05, 4.69) is 47.8 Å². The fourth-order valence-corrected chi connectivity index (χ4v) is 3.31. The molecule has 6 heteroatoms. The Morgan fingerprint density at radius 3 is 2.20 bits per heavy atom. The number of rotatable bonds is 3. The van der Waals surface area contributed by atoms with E-state index in [0.29, 0.717) is 21.2 Å². The van der Waals surface area contributed by atoms with E-state index in [0.717, 1.165) is 10.0 Å². The number of carbonyl (C=O) groups excluding carboxylic acids is 1. The summed E-state index contributed by atoms with van der Waals surface area (Å²) in [5.74, 6) is -0.147. The summed E-state index contributed by atoms with van der Waals surface area (Å²) in [5, 5.41) is 0.847. The van der Waals surface area contributed by atoms with Crippen LogP contribution in [0.1, 0.15) is 25.2 Å². The second-order valence-corrected chi connectivity index (χ2v) is 8.75. The molecule has 0 unspecified atom stereocenters. The summed E-state index contributed by atoms with van der Waals surface area (Å²) < 4.78 is 0.754. The van der Waals surface area contributed by atoms with Gasteiger partial charge in [0.15, 0.2) is 5.78 Å². The molecule has 0 aliphatic rings. The zero-order valence-corrected chi connectivity index (χ0v) is 16.1. The number of hydrogen-bond donors (Lipinski definition) is 0. The van der Waals surface area contributed by atoms with Crippen LogP contribution in [-0.4, -0.2) is 5.78 Å². The summed E-state index contributed by atoms with van der Waals surface area (Å²) in [4.78, 5) is 12.5. The molecule has 2 aromatic rings. The van der Waals surface area contributed by atoms with E-state index in [1.807, 2.05) is 12.1 Å². The van der Waals surface area contributed by atoms with Crippen LogP contribution in [0.4, 0.5) is 0 Å². The highest BCUT2D eigenvalue weighted by molar-refractivity contribution is 9.24. The molecule has 0 atom stereocenters. The van der Waals surface area contributed by atoms with Crippen LogP contribution in [0.2, 0.25) is 10.0 Å². The topological polar surface area (TPSA) is 17.1 Å². The highest BCUT2D eigenvalue weighted by atomic mass is 79.9. The van der Waals surface area contributed by atoms with E-state index in [1.165, 1.54) is 0 Å². The molecule has 0 N–H and O–H groups in total. The summed E-state index contributed by atoms with van der Waals surface area (Å²) in [7, 11) is 0. The molecule has 0 bridgehead atoms. The molecule has 2 aromatic carbocycles. The lowest BCUT2D eigenvalue weighted by Crippen LogP contribution is -2.03. The van der Waals surface area contributed by atoms with E-state index < -0.39 is 0 Å². The van der Waals surface area contributed by atoms with E-state index in [9.17, 15) is 4.79 Å². The summed E-state index contributed by atoms with van der Waals surface area (Å²) in [5.41, 5.74) is 1.99. The van der Waals surface area contributed by atoms with Crippen LogP contribution in [0.3, 0.4) is 0 Å². The number of ketones is 1. The predicted molar refractivity (Wildman–Crippen MR) is 94.6 cm³/mol. The van der Waals surface area contributed by atoms with Crippen LogP contribution in [0.25, 0.3) is 0 Å². The number of hydrogen-bond acceptors (Lipinski definition) is 1. The van der Waals surface area contributed by atoms with Crippen LogP contribution in [-0.2, 0) is 0 Å². The molecule has 20 heavy (non-hydrogen) atoms. The summed E-state index contributed by atoms with van der Waals surface area (Å²) >= 11 is 22.2. The van der Waals surface area contributed by atoms with E-state index >= 15 is 0 Å². The highest BCUT2D eigenvalue weighted by Gasteiger charge is 2.17. The van der Waals surface area contributed by atoms with Gasteiger partial charge in [-0.15, -0.1) is 0 Å². The normalized spacial score (nSPS) is 10.9. The second kappa shape index (κ2) is 6.93. The lowest BCUT2D eigenvalue weighted by atomic mass is 10.0. The van der Waals surface area contributed by atoms with Crippen LogP contribution >= 0.6 is 71.0 Å². The Bertz CT molecular complexity index is 671. The number of alkyl halides is 2. The minimum Gasteiger partial charge on any atom is -0.289 e. The van der Waals surface area contributed by atoms with E-state index in [4.69, 9.17) is 23.2 Å². The highest BCUT2D eigenvalue weighted by Crippen LogP contribution is 2.33. The van der Waals surface area contributed by atoms with Crippen molar-refractivity contribution in [1.82, 2.24) is 0 Å². The van der Waals surface area contributed by atoms with Gasteiger partial charge in [0, 0.05) is 20.6 Å². The van der Waals surface area contributed by atoms with Gasteiger partial charge in [-0.25, -0.2) is 0 Å². The van der Waals surface area contributed by atoms with Crippen LogP contribution in [0.15, 0.2) is 40.9 Å². The summed E-state index contributed by atoms with van der Waals surface area (Å²) in [6, 6.07) is 10.4. The third-order valence-corrected chi connectivity index (χ3v) is 4.93. The van der Waals surface area contributed by atoms with Gasteiger partial charge < -0.3 is 0 Å². The fraction of sp³-hybridized carbons (Fsp3) is 0.0714. The maximum atomic E-state index is 12.5. The van der Waals surface area contributed by atoms with Crippen molar-refractivity contribution in [2.45, 2.75) is 3.74 Å². The molecule has 0 aliphatic carbocycles. The monoisotopic (exact) mass is 498 g/mol. The molecule has 0 aromatic heterocycles. The third-order valence-electron chi connectivity index (χ3n) is 2.67. The molecule has 104 valence electrons. The molecular formula is C14H7Br3Cl2O. The zero-order chi connectivity index (χ0) is 14.9. The largest absolute Gasteiger partial charge is 0.289 e. The Labute approximate surface area is 152 Å². The standard InChI is InChI=1S/C14H7Br3Cl2O/c15-11-5-7(14(16)17)1-3-9(11)13(20)10-4-2-8(18)6-12(10)19/h1-6,14H. The van der Waals surface area contributed by atoms with Crippen LogP contribution < -0.4 is 0 Å². The molecule has 0 amide bonds. The molecule has 2 rings (SSSR count). The Hall–Kier alpha value is 0.130. The first-order valence-corrected chi connectivity index (χ1v) is 8.85. The average molecular weight is 502 g/mol. The van der Waals surface area contributed by atoms with Gasteiger partial charge in [-0.2, -0.15) is 0 Å². The molecule has 0 saturated heterocycles. The van der Waals surface area contributed by atoms with Crippen molar-refractivity contribution in [2.75, 3.05) is 0 Å². The first kappa shape index (κ1) is 16.5. The molecule has 0 spiro atoms. The van der Waals surface area contributed by atoms with Crippen molar-refractivity contribution in [1.29, 1.82) is 0 Å². The van der Waals surface area contributed by atoms with E-state index in [1.54, 1.807) is 24.3 Å². The zero-order valence-electron chi connectivity index (χ0n) is 9.84. The quantitative estimate of drug-likeness (QED) is 0.335. The van der Waals surface area contributed by atoms with Crippen molar-refractivity contribution in [3.05, 3.63) is 67.6 Å². The number of carbonyl (C=O) groups is 1. The molecule has 0 radical (unpaired) electrons. The SMILES string of the molecule is O=C(c1ccc(Cl)cc1Cl)c1ccc(C(Br)Br)cc1Br. The Balaban J connectivity index is 2.43. The fourth-order valence-electron chi connectivity index (χ4n) is 1.67. The predicted octanol–water partition coefficient (Wildman–Crippen LogP) is 6.78. The number of benzene rings is 2. The first-order chi connectivity index (χ1) is 9.40. The van der Waals surface area contributed by atoms with Gasteiger partial charge in [-0.05, 0) is 35.9 Å². The molecule has 0 fully saturated rings. The van der Waals surface area contributed by atoms with Gasteiger partial charge in [-0.3, -0.25) is 4.79 Å². The van der Waals surface area contributed by atoms with Gasteiger partial charge in [-0.1, -0.05) is 77.1 Å². The average Bonchev–Trinajstić information content (AvgIpc) is 2.37. The molecule has 0 heterocycles. The lowest BCUT2D eigenvalue weighted by molar-refractivity contribution is 0.103. The maximum absolute atomic E-state index is 12.5. The molecule has 1 nitrogen and oxygen atoms in total. The summed E-state index contributed by atoms with van der Waals surface area (Å²) in [6.45, 7) is 0. The van der Waals surface area contributed by atoms with Crippen molar-refractivity contribution >= 4 is 76.8 Å². The van der Waals surface area contributed by atoms with Crippen molar-refractivity contribution < 1.29 is 4.79 Å². The van der Waals surface area contributed by atoms with E-state index in [-0.39, 0.29) is 9.52 Å². The van der Waals surface area contributed by atoms with Crippen molar-refractivity contribution in [3.8, 4) is 0 Å². The van der Waals surface area contributed by atoms with Crippen LogP contribution in [0.5, 0.6) is 0 Å². The summed E-state index contributed by atoms with van der Waals surface area (Å²) in [6.07, 6.45) is 0. The first-order valence-electron chi connectivity index (χ1n) is 5.47. The van der Waals surface area contributed by atoms with Gasteiger partial charge in [0.2, 0.25) is 0 Å². The van der Waals surface area contributed by atoms with Crippen LogP contribution in [0, 0.1) is 0 Å². The third kappa shape index (κ3) is 3.66. The van der Waals surface area contributed by atoms with Gasteiger partial charge in [0.25, 0.3) is 0 Å². The van der Waals surface area contributed by atoms with Crippen molar-refractivity contribution in [3.63, 3.8) is 0 Å². The van der Waals surface area contributed by atoms with Gasteiger partial charge in [0.05, 0.1) is 8.76 Å². The van der Waals surface area contributed by atoms with Gasteiger partial charge >= 0.3 is 0 Å². The molecular weight excluding hydrogens is 495 g/mol. The lowest BCUT2D eigenvalue weighted by Gasteiger charge is -2.09. The van der Waals surface area contributed by atoms with Gasteiger partial charge in [0.1, 0.15) is 0 Å². The number of halogens is 5. The second-order valence-electron chi connectivity index (χ2n) is 3.99. The molecule has 0 aliphatic heterocycles. The Kier molecular flexibility index (Phi) is 5.71. The minimum absolute atomic E-state index is 0.0366. The Morgan fingerprint density at radius 1 is 1.00 bits per heavy atom. The maximum Gasteiger partial charge on any atom is 0.195 e. The minimum atomic E-state index is -0.147. The molecule has 0 saturated carbocycles.